The number of carbonyl (C=O) groups is 4. The number of aromatic amines is 2. The molecule has 2 fully saturated rings. The minimum atomic E-state index is -0.334. The average Bonchev–Trinajstić information content (AvgIpc) is 3.84. The molecule has 4 aliphatic heterocycles. The highest BCUT2D eigenvalue weighted by atomic mass is 79.9. The van der Waals surface area contributed by atoms with Crippen molar-refractivity contribution in [2.24, 2.45) is 0 Å². The Morgan fingerprint density at radius 2 is 1.15 bits per heavy atom. The number of aryl methyl sites for hydroxylation is 2. The van der Waals surface area contributed by atoms with E-state index in [1.807, 2.05) is 48.5 Å². The number of fused-ring (bicyclic) bond motifs is 2. The summed E-state index contributed by atoms with van der Waals surface area (Å²) in [7, 11) is 3.11. The maximum absolute atomic E-state index is 13.9. The van der Waals surface area contributed by atoms with Crippen molar-refractivity contribution in [3.63, 3.8) is 0 Å². The number of hydrogen-bond donors (Lipinski definition) is 2. The molecule has 11 heteroatoms. The van der Waals surface area contributed by atoms with E-state index in [1.54, 1.807) is 7.05 Å². The van der Waals surface area contributed by atoms with Crippen molar-refractivity contribution in [3.05, 3.63) is 81.2 Å². The molecule has 4 aromatic rings. The molecule has 270 valence electrons. The Bertz CT molecular complexity index is 2160. The van der Waals surface area contributed by atoms with Gasteiger partial charge in [-0.25, -0.2) is 0 Å². The van der Waals surface area contributed by atoms with Gasteiger partial charge in [0.2, 0.25) is 0 Å². The summed E-state index contributed by atoms with van der Waals surface area (Å²) in [5, 5.41) is 1.89. The molecule has 10 nitrogen and oxygen atoms in total. The first-order valence-corrected chi connectivity index (χ1v) is 19.5. The van der Waals surface area contributed by atoms with Crippen LogP contribution in [0.25, 0.3) is 33.0 Å². The predicted molar refractivity (Wildman–Crippen MR) is 206 cm³/mol. The number of carbonyl (C=O) groups excluding carboxylic acids is 4. The number of H-pyrrole nitrogens is 2. The molecule has 0 saturated carbocycles. The Morgan fingerprint density at radius 3 is 1.71 bits per heavy atom. The van der Waals surface area contributed by atoms with E-state index in [2.05, 4.69) is 35.7 Å². The summed E-state index contributed by atoms with van der Waals surface area (Å²) in [5.74, 6) is -1.09. The number of hydrogen-bond acceptors (Lipinski definition) is 6. The fraction of sp³-hybridized carbons (Fsp3) is 0.415. The van der Waals surface area contributed by atoms with E-state index in [9.17, 15) is 19.2 Å². The molecular formula is C41H45BrN6O4. The summed E-state index contributed by atoms with van der Waals surface area (Å²) in [6.45, 7) is 3.86. The van der Waals surface area contributed by atoms with Crippen LogP contribution in [-0.2, 0) is 32.0 Å². The van der Waals surface area contributed by atoms with E-state index >= 15 is 0 Å². The molecule has 4 amide bonds. The van der Waals surface area contributed by atoms with Gasteiger partial charge in [0.25, 0.3) is 23.6 Å². The number of benzene rings is 2. The smallest absolute Gasteiger partial charge is 0.277 e. The van der Waals surface area contributed by atoms with E-state index in [4.69, 9.17) is 0 Å². The molecular weight excluding hydrogens is 720 g/mol. The van der Waals surface area contributed by atoms with Crippen molar-refractivity contribution in [3.8, 4) is 0 Å². The fourth-order valence-electron chi connectivity index (χ4n) is 8.83. The van der Waals surface area contributed by atoms with E-state index in [0.717, 1.165) is 114 Å². The van der Waals surface area contributed by atoms with Crippen LogP contribution in [0.4, 0.5) is 0 Å². The Labute approximate surface area is 312 Å². The summed E-state index contributed by atoms with van der Waals surface area (Å²) in [4.78, 5) is 68.0. The molecule has 0 spiro atoms. The third kappa shape index (κ3) is 5.91. The minimum Gasteiger partial charge on any atom is -0.366 e. The van der Waals surface area contributed by atoms with Crippen molar-refractivity contribution in [1.29, 1.82) is 0 Å². The summed E-state index contributed by atoms with van der Waals surface area (Å²) in [6, 6.07) is 16.5. The molecule has 2 aromatic carbocycles. The van der Waals surface area contributed by atoms with Gasteiger partial charge in [0.05, 0.1) is 15.6 Å². The third-order valence-electron chi connectivity index (χ3n) is 11.6. The number of imide groups is 2. The van der Waals surface area contributed by atoms with E-state index in [0.29, 0.717) is 33.8 Å². The van der Waals surface area contributed by atoms with E-state index in [1.165, 1.54) is 31.2 Å². The van der Waals surface area contributed by atoms with Crippen LogP contribution in [0.1, 0.15) is 73.9 Å². The first kappa shape index (κ1) is 34.6. The average molecular weight is 766 g/mol. The number of nitrogens with zero attached hydrogens (tertiary/aromatic N) is 4. The van der Waals surface area contributed by atoms with E-state index < -0.39 is 0 Å². The van der Waals surface area contributed by atoms with Crippen LogP contribution in [0.15, 0.2) is 58.7 Å². The van der Waals surface area contributed by atoms with Crippen molar-refractivity contribution in [2.45, 2.75) is 70.3 Å². The number of para-hydroxylation sites is 2. The zero-order valence-electron chi connectivity index (χ0n) is 29.9. The predicted octanol–water partition coefficient (Wildman–Crippen LogP) is 6.37. The van der Waals surface area contributed by atoms with Crippen molar-refractivity contribution in [2.75, 3.05) is 40.3 Å². The Kier molecular flexibility index (Phi) is 9.42. The number of likely N-dealkylation sites (N-methyl/N-ethyl adjacent to an activating group) is 2. The number of unbranched alkanes of at least 4 members (excludes halogenated alkanes) is 2. The molecule has 0 bridgehead atoms. The first-order chi connectivity index (χ1) is 25.2. The molecule has 8 rings (SSSR count). The summed E-state index contributed by atoms with van der Waals surface area (Å²) in [5.41, 5.74) is 6.93. The molecule has 2 saturated heterocycles. The zero-order chi connectivity index (χ0) is 36.1. The second kappa shape index (κ2) is 14.2. The normalized spacial score (nSPS) is 19.6. The first-order valence-electron chi connectivity index (χ1n) is 18.7. The number of halogens is 1. The Morgan fingerprint density at radius 1 is 0.635 bits per heavy atom. The molecule has 52 heavy (non-hydrogen) atoms. The van der Waals surface area contributed by atoms with Crippen LogP contribution < -0.4 is 0 Å². The zero-order valence-corrected chi connectivity index (χ0v) is 31.5. The lowest BCUT2D eigenvalue weighted by Gasteiger charge is -2.41. The second-order valence-corrected chi connectivity index (χ2v) is 15.5. The number of nitrogens with one attached hydrogen (secondary N) is 2. The highest BCUT2D eigenvalue weighted by Crippen LogP contribution is 2.40. The quantitative estimate of drug-likeness (QED) is 0.144. The molecule has 2 aromatic heterocycles. The van der Waals surface area contributed by atoms with Gasteiger partial charge in [-0.2, -0.15) is 0 Å². The lowest BCUT2D eigenvalue weighted by Crippen LogP contribution is -2.47. The largest absolute Gasteiger partial charge is 0.366 e. The van der Waals surface area contributed by atoms with Crippen LogP contribution in [0.5, 0.6) is 0 Å². The maximum atomic E-state index is 13.9. The van der Waals surface area contributed by atoms with Crippen LogP contribution in [0.2, 0.25) is 0 Å². The van der Waals surface area contributed by atoms with Gasteiger partial charge in [-0.15, -0.1) is 0 Å². The second-order valence-electron chi connectivity index (χ2n) is 14.7. The van der Waals surface area contributed by atoms with Crippen molar-refractivity contribution >= 4 is 72.5 Å². The van der Waals surface area contributed by atoms with Gasteiger partial charge in [-0.1, -0.05) is 49.2 Å². The molecule has 0 radical (unpaired) electrons. The number of piperidine rings is 2. The lowest BCUT2D eigenvalue weighted by atomic mass is 9.95. The van der Waals surface area contributed by atoms with Gasteiger partial charge in [-0.3, -0.25) is 29.0 Å². The van der Waals surface area contributed by atoms with Crippen LogP contribution in [0.3, 0.4) is 0 Å². The third-order valence-corrected chi connectivity index (χ3v) is 12.3. The molecule has 0 unspecified atom stereocenters. The Balaban J connectivity index is 1.03. The highest BCUT2D eigenvalue weighted by Gasteiger charge is 2.42. The minimum absolute atomic E-state index is 0.211. The van der Waals surface area contributed by atoms with Gasteiger partial charge >= 0.3 is 0 Å². The molecule has 2 N–H and O–H groups in total. The number of aromatic nitrogens is 2. The van der Waals surface area contributed by atoms with Crippen LogP contribution >= 0.6 is 15.9 Å². The number of rotatable bonds is 10. The van der Waals surface area contributed by atoms with Gasteiger partial charge in [0, 0.05) is 77.5 Å². The Hall–Kier alpha value is -4.48. The van der Waals surface area contributed by atoms with Crippen molar-refractivity contribution in [1.82, 2.24) is 29.6 Å². The highest BCUT2D eigenvalue weighted by molar-refractivity contribution is 9.12. The lowest BCUT2D eigenvalue weighted by molar-refractivity contribution is -0.137. The number of likely N-dealkylation sites (tertiary alicyclic amines) is 2. The molecule has 6 heterocycles. The molecule has 0 aliphatic carbocycles. The van der Waals surface area contributed by atoms with Crippen molar-refractivity contribution < 1.29 is 19.2 Å². The fourth-order valence-corrected chi connectivity index (χ4v) is 9.46. The van der Waals surface area contributed by atoms with E-state index in [-0.39, 0.29) is 23.6 Å². The monoisotopic (exact) mass is 764 g/mol. The van der Waals surface area contributed by atoms with Gasteiger partial charge in [-0.05, 0) is 92.5 Å². The topological polar surface area (TPSA) is 113 Å². The molecule has 4 aliphatic rings. The van der Waals surface area contributed by atoms with Gasteiger partial charge < -0.3 is 19.8 Å². The van der Waals surface area contributed by atoms with Crippen LogP contribution in [-0.4, -0.2) is 99.5 Å². The van der Waals surface area contributed by atoms with Gasteiger partial charge in [0.15, 0.2) is 0 Å². The van der Waals surface area contributed by atoms with Crippen LogP contribution in [0, 0.1) is 0 Å². The SMILES string of the molecule is CN1C(=O)C(Br)=C(c2c(CCCCCc3[nH]c4ccccc4c3C3=C(N4CCC(N5CCCCC5)CC4)C(=O)N(C)C3=O)[nH]c3ccccc23)C1=O. The standard InChI is InChI=1S/C41H45BrN6O4/c1-45-38(49)34(36(42)40(45)51)32-26-13-7-9-15-28(26)43-30(32)17-5-3-6-18-31-33(27-14-8-10-16-29(27)44-31)35-37(41(52)46(2)39(35)50)48-23-19-25(20-24-48)47-21-11-4-12-22-47/h7-10,13-16,25,43-44H,3-6,11-12,17-24H2,1-2H3. The van der Waals surface area contributed by atoms with Gasteiger partial charge in [0.1, 0.15) is 5.70 Å². The summed E-state index contributed by atoms with van der Waals surface area (Å²) in [6.07, 6.45) is 9.88. The summed E-state index contributed by atoms with van der Waals surface area (Å²) < 4.78 is 0.294. The maximum Gasteiger partial charge on any atom is 0.277 e. The molecule has 0 atom stereocenters. The number of amides is 4. The summed E-state index contributed by atoms with van der Waals surface area (Å²) >= 11 is 3.41.